The van der Waals surface area contributed by atoms with E-state index in [0.717, 1.165) is 36.8 Å². The van der Waals surface area contributed by atoms with Crippen LogP contribution in [-0.4, -0.2) is 11.8 Å². The third-order valence-electron chi connectivity index (χ3n) is 4.77. The lowest BCUT2D eigenvalue weighted by Crippen LogP contribution is -2.36. The van der Waals surface area contributed by atoms with Gasteiger partial charge in [-0.2, -0.15) is 0 Å². The molecule has 2 aliphatic carbocycles. The molecular formula is C16H18O3. The maximum Gasteiger partial charge on any atom is 0.336 e. The normalized spacial score (nSPS) is 34.6. The lowest BCUT2D eigenvalue weighted by atomic mass is 9.62. The van der Waals surface area contributed by atoms with Crippen molar-refractivity contribution < 1.29 is 14.3 Å². The smallest absolute Gasteiger partial charge is 0.336 e. The number of rotatable bonds is 0. The summed E-state index contributed by atoms with van der Waals surface area (Å²) in [5.74, 6) is 0.750. The number of fused-ring (bicyclic) bond motifs is 1. The molecule has 3 nitrogen and oxygen atoms in total. The number of carbonyl (C=O) groups is 2. The van der Waals surface area contributed by atoms with Gasteiger partial charge in [0.05, 0.1) is 0 Å². The predicted octanol–water partition coefficient (Wildman–Crippen LogP) is 3.22. The summed E-state index contributed by atoms with van der Waals surface area (Å²) in [5.41, 5.74) is 3.24. The molecule has 0 bridgehead atoms. The van der Waals surface area contributed by atoms with E-state index in [2.05, 4.69) is 13.8 Å². The van der Waals surface area contributed by atoms with E-state index in [-0.39, 0.29) is 11.4 Å². The lowest BCUT2D eigenvalue weighted by molar-refractivity contribution is -0.132. The first-order valence-electron chi connectivity index (χ1n) is 6.89. The second-order valence-electron chi connectivity index (χ2n) is 5.81. The number of esters is 1. The standard InChI is InChI=1S/C16H18O3/c1-10-11(13-6-7-15(18)19-13)8-9-16(2)12(10)4-3-5-14(16)17/h6-7H,3-5,8-9H2,1-2H3. The zero-order chi connectivity index (χ0) is 13.6. The molecular weight excluding hydrogens is 240 g/mol. The molecule has 3 rings (SSSR count). The van der Waals surface area contributed by atoms with Crippen molar-refractivity contribution in [2.45, 2.75) is 46.0 Å². The molecule has 3 aliphatic rings. The molecule has 1 aliphatic heterocycles. The van der Waals surface area contributed by atoms with Crippen molar-refractivity contribution in [2.24, 2.45) is 5.41 Å². The first kappa shape index (κ1) is 12.4. The van der Waals surface area contributed by atoms with E-state index in [9.17, 15) is 9.59 Å². The molecule has 0 aromatic heterocycles. The highest BCUT2D eigenvalue weighted by Gasteiger charge is 2.43. The Hall–Kier alpha value is -1.64. The largest absolute Gasteiger partial charge is 0.423 e. The van der Waals surface area contributed by atoms with Gasteiger partial charge in [0, 0.05) is 17.9 Å². The Labute approximate surface area is 113 Å². The molecule has 0 spiro atoms. The summed E-state index contributed by atoms with van der Waals surface area (Å²) < 4.78 is 5.22. The fourth-order valence-electron chi connectivity index (χ4n) is 3.57. The number of ether oxygens (including phenoxy) is 1. The van der Waals surface area contributed by atoms with Crippen molar-refractivity contribution in [3.05, 3.63) is 34.6 Å². The van der Waals surface area contributed by atoms with Gasteiger partial charge in [0.15, 0.2) is 0 Å². The SMILES string of the molecule is CC1=C2CCCC(=O)C2(C)CCC1=C1C=CC(=O)O1. The maximum absolute atomic E-state index is 12.2. The molecule has 0 aromatic carbocycles. The van der Waals surface area contributed by atoms with E-state index in [1.165, 1.54) is 11.6 Å². The summed E-state index contributed by atoms with van der Waals surface area (Å²) in [5, 5.41) is 0. The van der Waals surface area contributed by atoms with Gasteiger partial charge in [-0.3, -0.25) is 4.79 Å². The van der Waals surface area contributed by atoms with Crippen LogP contribution in [0.5, 0.6) is 0 Å². The van der Waals surface area contributed by atoms with Gasteiger partial charge in [0.2, 0.25) is 0 Å². The molecule has 1 saturated carbocycles. The first-order chi connectivity index (χ1) is 9.02. The second-order valence-corrected chi connectivity index (χ2v) is 5.81. The summed E-state index contributed by atoms with van der Waals surface area (Å²) in [4.78, 5) is 23.4. The molecule has 1 atom stereocenters. The summed E-state index contributed by atoms with van der Waals surface area (Å²) in [7, 11) is 0. The van der Waals surface area contributed by atoms with Crippen LogP contribution in [-0.2, 0) is 14.3 Å². The van der Waals surface area contributed by atoms with E-state index in [1.807, 2.05) is 0 Å². The molecule has 1 unspecified atom stereocenters. The Morgan fingerprint density at radius 3 is 2.63 bits per heavy atom. The van der Waals surface area contributed by atoms with Crippen LogP contribution in [0.2, 0.25) is 0 Å². The highest BCUT2D eigenvalue weighted by atomic mass is 16.5. The molecule has 100 valence electrons. The Morgan fingerprint density at radius 2 is 1.95 bits per heavy atom. The van der Waals surface area contributed by atoms with E-state index in [4.69, 9.17) is 4.74 Å². The van der Waals surface area contributed by atoms with Crippen LogP contribution < -0.4 is 0 Å². The molecule has 3 heteroatoms. The van der Waals surface area contributed by atoms with E-state index < -0.39 is 0 Å². The van der Waals surface area contributed by atoms with Crippen molar-refractivity contribution in [3.8, 4) is 0 Å². The van der Waals surface area contributed by atoms with Crippen LogP contribution >= 0.6 is 0 Å². The molecule has 1 heterocycles. The number of allylic oxidation sites excluding steroid dienone is 4. The molecule has 0 saturated heterocycles. The summed E-state index contributed by atoms with van der Waals surface area (Å²) in [6.07, 6.45) is 7.48. The minimum atomic E-state index is -0.298. The van der Waals surface area contributed by atoms with Gasteiger partial charge in [-0.1, -0.05) is 5.57 Å². The quantitative estimate of drug-likeness (QED) is 0.626. The number of Topliss-reactive ketones (excluding diaryl/α,β-unsaturated/α-hetero) is 1. The van der Waals surface area contributed by atoms with Crippen molar-refractivity contribution in [1.29, 1.82) is 0 Å². The number of carbonyl (C=O) groups excluding carboxylic acids is 2. The van der Waals surface area contributed by atoms with E-state index >= 15 is 0 Å². The summed E-state index contributed by atoms with van der Waals surface area (Å²) >= 11 is 0. The third kappa shape index (κ3) is 1.79. The van der Waals surface area contributed by atoms with Gasteiger partial charge in [-0.15, -0.1) is 0 Å². The Bertz CT molecular complexity index is 563. The summed E-state index contributed by atoms with van der Waals surface area (Å²) in [6, 6.07) is 0. The van der Waals surface area contributed by atoms with Crippen molar-refractivity contribution in [2.75, 3.05) is 0 Å². The van der Waals surface area contributed by atoms with Gasteiger partial charge in [-0.25, -0.2) is 4.79 Å². The fraction of sp³-hybridized carbons (Fsp3) is 0.500. The number of hydrogen-bond donors (Lipinski definition) is 0. The van der Waals surface area contributed by atoms with E-state index in [0.29, 0.717) is 18.0 Å². The minimum absolute atomic E-state index is 0.279. The van der Waals surface area contributed by atoms with Gasteiger partial charge in [0.1, 0.15) is 11.5 Å². The topological polar surface area (TPSA) is 43.4 Å². The minimum Gasteiger partial charge on any atom is -0.423 e. The number of hydrogen-bond acceptors (Lipinski definition) is 3. The molecule has 19 heavy (non-hydrogen) atoms. The molecule has 0 radical (unpaired) electrons. The Balaban J connectivity index is 2.08. The van der Waals surface area contributed by atoms with Crippen LogP contribution in [0.15, 0.2) is 34.6 Å². The van der Waals surface area contributed by atoms with Crippen LogP contribution in [0.4, 0.5) is 0 Å². The van der Waals surface area contributed by atoms with Crippen LogP contribution in [0.3, 0.4) is 0 Å². The second kappa shape index (κ2) is 4.19. The number of cyclic esters (lactones) is 1. The van der Waals surface area contributed by atoms with Crippen molar-refractivity contribution in [3.63, 3.8) is 0 Å². The first-order valence-corrected chi connectivity index (χ1v) is 6.89. The molecule has 0 amide bonds. The maximum atomic E-state index is 12.2. The molecule has 1 fully saturated rings. The molecule has 0 aromatic rings. The Morgan fingerprint density at radius 1 is 1.16 bits per heavy atom. The average molecular weight is 258 g/mol. The highest BCUT2D eigenvalue weighted by Crippen LogP contribution is 2.49. The third-order valence-corrected chi connectivity index (χ3v) is 4.77. The number of ketones is 1. The molecule has 0 N–H and O–H groups in total. The van der Waals surface area contributed by atoms with Gasteiger partial charge >= 0.3 is 5.97 Å². The predicted molar refractivity (Wildman–Crippen MR) is 71.2 cm³/mol. The lowest BCUT2D eigenvalue weighted by Gasteiger charge is -2.40. The van der Waals surface area contributed by atoms with Gasteiger partial charge < -0.3 is 4.74 Å². The van der Waals surface area contributed by atoms with Gasteiger partial charge in [0.25, 0.3) is 0 Å². The van der Waals surface area contributed by atoms with E-state index in [1.54, 1.807) is 6.08 Å². The van der Waals surface area contributed by atoms with Crippen LogP contribution in [0.1, 0.15) is 46.0 Å². The monoisotopic (exact) mass is 258 g/mol. The van der Waals surface area contributed by atoms with Crippen molar-refractivity contribution >= 4 is 11.8 Å². The van der Waals surface area contributed by atoms with Gasteiger partial charge in [-0.05, 0) is 56.8 Å². The fourth-order valence-corrected chi connectivity index (χ4v) is 3.57. The Kier molecular flexibility index (Phi) is 2.73. The summed E-state index contributed by atoms with van der Waals surface area (Å²) in [6.45, 7) is 4.14. The zero-order valence-corrected chi connectivity index (χ0v) is 11.4. The van der Waals surface area contributed by atoms with Crippen molar-refractivity contribution in [1.82, 2.24) is 0 Å². The zero-order valence-electron chi connectivity index (χ0n) is 11.4. The highest BCUT2D eigenvalue weighted by molar-refractivity contribution is 5.90. The van der Waals surface area contributed by atoms with Crippen LogP contribution in [0, 0.1) is 5.41 Å². The average Bonchev–Trinajstić information content (AvgIpc) is 2.79. The van der Waals surface area contributed by atoms with Crippen LogP contribution in [0.25, 0.3) is 0 Å².